The Hall–Kier alpha value is -2.20. The van der Waals surface area contributed by atoms with Crippen LogP contribution < -0.4 is 9.47 Å². The summed E-state index contributed by atoms with van der Waals surface area (Å²) < 4.78 is 10.9. The van der Waals surface area contributed by atoms with Crippen molar-refractivity contribution in [2.75, 3.05) is 0 Å². The van der Waals surface area contributed by atoms with Crippen LogP contribution >= 0.6 is 11.6 Å². The first-order valence-corrected chi connectivity index (χ1v) is 6.80. The number of hydrogen-bond acceptors (Lipinski definition) is 3. The Balaban J connectivity index is 1.94. The third-order valence-corrected chi connectivity index (χ3v) is 3.13. The van der Waals surface area contributed by atoms with E-state index in [2.05, 4.69) is 0 Å². The Kier molecular flexibility index (Phi) is 5.06. The molecule has 0 saturated carbocycles. The quantitative estimate of drug-likeness (QED) is 0.882. The van der Waals surface area contributed by atoms with Gasteiger partial charge in [0, 0.05) is 0 Å². The van der Waals surface area contributed by atoms with Crippen molar-refractivity contribution in [2.45, 2.75) is 19.6 Å². The van der Waals surface area contributed by atoms with Crippen LogP contribution in [-0.2, 0) is 11.4 Å². The van der Waals surface area contributed by atoms with Crippen LogP contribution in [-0.4, -0.2) is 17.2 Å². The van der Waals surface area contributed by atoms with Gasteiger partial charge in [0.15, 0.2) is 6.10 Å². The molecule has 1 atom stereocenters. The van der Waals surface area contributed by atoms with Gasteiger partial charge in [0.1, 0.15) is 18.1 Å². The van der Waals surface area contributed by atoms with Crippen molar-refractivity contribution in [3.8, 4) is 11.5 Å². The Bertz CT molecular complexity index is 610. The molecule has 0 amide bonds. The minimum absolute atomic E-state index is 0.374. The van der Waals surface area contributed by atoms with E-state index in [1.165, 1.54) is 6.92 Å². The molecule has 0 bridgehead atoms. The van der Waals surface area contributed by atoms with Crippen LogP contribution in [0.3, 0.4) is 0 Å². The number of aliphatic carboxylic acids is 1. The van der Waals surface area contributed by atoms with Gasteiger partial charge in [0.25, 0.3) is 0 Å². The number of carbonyl (C=O) groups is 1. The minimum atomic E-state index is -0.999. The number of hydrogen-bond donors (Lipinski definition) is 1. The van der Waals surface area contributed by atoms with Gasteiger partial charge in [0.05, 0.1) is 5.02 Å². The molecule has 0 heterocycles. The molecule has 0 aliphatic rings. The number of benzene rings is 2. The van der Waals surface area contributed by atoms with Crippen LogP contribution in [0.2, 0.25) is 5.02 Å². The van der Waals surface area contributed by atoms with Crippen molar-refractivity contribution in [1.82, 2.24) is 0 Å². The molecule has 0 aliphatic carbocycles. The second-order valence-corrected chi connectivity index (χ2v) is 4.87. The highest BCUT2D eigenvalue weighted by Crippen LogP contribution is 2.24. The van der Waals surface area contributed by atoms with E-state index in [0.29, 0.717) is 23.1 Å². The van der Waals surface area contributed by atoms with Crippen LogP contribution in [0.4, 0.5) is 0 Å². The second kappa shape index (κ2) is 6.99. The lowest BCUT2D eigenvalue weighted by molar-refractivity contribution is -0.144. The van der Waals surface area contributed by atoms with Crippen molar-refractivity contribution < 1.29 is 19.4 Å². The van der Waals surface area contributed by atoms with Gasteiger partial charge in [-0.15, -0.1) is 0 Å². The van der Waals surface area contributed by atoms with E-state index in [0.717, 1.165) is 5.56 Å². The fraction of sp³-hybridized carbons (Fsp3) is 0.188. The predicted octanol–water partition coefficient (Wildman–Crippen LogP) is 3.77. The van der Waals surface area contributed by atoms with Crippen LogP contribution in [0, 0.1) is 0 Å². The molecule has 0 fully saturated rings. The molecule has 5 heteroatoms. The lowest BCUT2D eigenvalue weighted by atomic mass is 10.2. The van der Waals surface area contributed by atoms with Gasteiger partial charge in [-0.2, -0.15) is 0 Å². The molecule has 0 saturated heterocycles. The third-order valence-electron chi connectivity index (χ3n) is 2.81. The highest BCUT2D eigenvalue weighted by molar-refractivity contribution is 6.32. The standard InChI is InChI=1S/C16H15ClO4/c1-11(16(18)19)21-13-8-6-12(7-9-13)10-20-15-5-3-2-4-14(15)17/h2-9,11H,10H2,1H3,(H,18,19). The van der Waals surface area contributed by atoms with E-state index in [1.54, 1.807) is 24.3 Å². The van der Waals surface area contributed by atoms with Crippen molar-refractivity contribution in [3.63, 3.8) is 0 Å². The van der Waals surface area contributed by atoms with Gasteiger partial charge < -0.3 is 14.6 Å². The Labute approximate surface area is 127 Å². The Morgan fingerprint density at radius 3 is 2.48 bits per heavy atom. The van der Waals surface area contributed by atoms with Crippen LogP contribution in [0.1, 0.15) is 12.5 Å². The highest BCUT2D eigenvalue weighted by atomic mass is 35.5. The molecule has 2 aromatic rings. The second-order valence-electron chi connectivity index (χ2n) is 4.46. The minimum Gasteiger partial charge on any atom is -0.487 e. The normalized spacial score (nSPS) is 11.7. The maximum absolute atomic E-state index is 10.7. The van der Waals surface area contributed by atoms with E-state index < -0.39 is 12.1 Å². The fourth-order valence-corrected chi connectivity index (χ4v) is 1.83. The van der Waals surface area contributed by atoms with E-state index >= 15 is 0 Å². The molecule has 1 unspecified atom stereocenters. The summed E-state index contributed by atoms with van der Waals surface area (Å²) in [5.74, 6) is 0.131. The fourth-order valence-electron chi connectivity index (χ4n) is 1.64. The summed E-state index contributed by atoms with van der Waals surface area (Å²) >= 11 is 6.00. The summed E-state index contributed by atoms with van der Waals surface area (Å²) in [6.45, 7) is 1.86. The summed E-state index contributed by atoms with van der Waals surface area (Å²) in [7, 11) is 0. The molecular weight excluding hydrogens is 292 g/mol. The summed E-state index contributed by atoms with van der Waals surface area (Å²) in [5, 5.41) is 9.34. The lowest BCUT2D eigenvalue weighted by Gasteiger charge is -2.11. The number of rotatable bonds is 6. The van der Waals surface area contributed by atoms with Gasteiger partial charge >= 0.3 is 5.97 Å². The molecule has 4 nitrogen and oxygen atoms in total. The maximum Gasteiger partial charge on any atom is 0.344 e. The first-order valence-electron chi connectivity index (χ1n) is 6.42. The number of para-hydroxylation sites is 1. The van der Waals surface area contributed by atoms with E-state index in [9.17, 15) is 4.79 Å². The first kappa shape index (κ1) is 15.2. The zero-order chi connectivity index (χ0) is 15.2. The summed E-state index contributed by atoms with van der Waals surface area (Å²) in [4.78, 5) is 10.7. The topological polar surface area (TPSA) is 55.8 Å². The van der Waals surface area contributed by atoms with Gasteiger partial charge in [-0.25, -0.2) is 4.79 Å². The van der Waals surface area contributed by atoms with Gasteiger partial charge in [-0.05, 0) is 36.8 Å². The average Bonchev–Trinajstić information content (AvgIpc) is 2.48. The van der Waals surface area contributed by atoms with Crippen LogP contribution in [0.5, 0.6) is 11.5 Å². The average molecular weight is 307 g/mol. The molecule has 21 heavy (non-hydrogen) atoms. The predicted molar refractivity (Wildman–Crippen MR) is 80.0 cm³/mol. The smallest absolute Gasteiger partial charge is 0.344 e. The molecule has 0 aliphatic heterocycles. The zero-order valence-corrected chi connectivity index (χ0v) is 12.2. The maximum atomic E-state index is 10.7. The molecular formula is C16H15ClO4. The van der Waals surface area contributed by atoms with Crippen molar-refractivity contribution in [1.29, 1.82) is 0 Å². The molecule has 2 rings (SSSR count). The number of carboxylic acid groups (broad SMARTS) is 1. The number of ether oxygens (including phenoxy) is 2. The van der Waals surface area contributed by atoms with E-state index in [-0.39, 0.29) is 0 Å². The van der Waals surface area contributed by atoms with Crippen LogP contribution in [0.25, 0.3) is 0 Å². The van der Waals surface area contributed by atoms with Crippen LogP contribution in [0.15, 0.2) is 48.5 Å². The summed E-state index contributed by atoms with van der Waals surface area (Å²) in [6.07, 6.45) is -0.879. The third kappa shape index (κ3) is 4.39. The highest BCUT2D eigenvalue weighted by Gasteiger charge is 2.12. The van der Waals surface area contributed by atoms with E-state index in [1.807, 2.05) is 24.3 Å². The zero-order valence-electron chi connectivity index (χ0n) is 11.5. The molecule has 110 valence electrons. The van der Waals surface area contributed by atoms with E-state index in [4.69, 9.17) is 26.2 Å². The van der Waals surface area contributed by atoms with Gasteiger partial charge in [-0.3, -0.25) is 0 Å². The van der Waals surface area contributed by atoms with Crippen molar-refractivity contribution in [2.24, 2.45) is 0 Å². The molecule has 0 aromatic heterocycles. The molecule has 0 spiro atoms. The summed E-state index contributed by atoms with van der Waals surface area (Å²) in [5.41, 5.74) is 0.935. The molecule has 1 N–H and O–H groups in total. The summed E-state index contributed by atoms with van der Waals surface area (Å²) in [6, 6.07) is 14.3. The van der Waals surface area contributed by atoms with Gasteiger partial charge in [0.2, 0.25) is 0 Å². The molecule has 0 radical (unpaired) electrons. The largest absolute Gasteiger partial charge is 0.487 e. The van der Waals surface area contributed by atoms with Crippen molar-refractivity contribution >= 4 is 17.6 Å². The Morgan fingerprint density at radius 1 is 1.19 bits per heavy atom. The SMILES string of the molecule is CC(Oc1ccc(COc2ccccc2Cl)cc1)C(=O)O. The lowest BCUT2D eigenvalue weighted by Crippen LogP contribution is -2.22. The number of halogens is 1. The first-order chi connectivity index (χ1) is 10.1. The van der Waals surface area contributed by atoms with Crippen molar-refractivity contribution in [3.05, 3.63) is 59.1 Å². The van der Waals surface area contributed by atoms with Gasteiger partial charge in [-0.1, -0.05) is 35.9 Å². The Morgan fingerprint density at radius 2 is 1.86 bits per heavy atom. The molecule has 2 aromatic carbocycles. The monoisotopic (exact) mass is 306 g/mol. The number of carboxylic acids is 1.